The quantitative estimate of drug-likeness (QED) is 0.138. The average molecular weight is 983 g/mol. The number of carbonyl (C=O) groups is 3. The number of aromatic nitrogens is 2. The van der Waals surface area contributed by atoms with Gasteiger partial charge in [0.25, 0.3) is 11.8 Å². The molecule has 6 rings (SSSR count). The molecule has 4 heterocycles. The van der Waals surface area contributed by atoms with E-state index in [1.165, 1.54) is 54.9 Å². The van der Waals surface area contributed by atoms with E-state index in [2.05, 4.69) is 9.97 Å². The van der Waals surface area contributed by atoms with Crippen LogP contribution in [0, 0.1) is 5.41 Å². The van der Waals surface area contributed by atoms with Gasteiger partial charge in [-0.1, -0.05) is 70.7 Å². The Labute approximate surface area is 372 Å². The Morgan fingerprint density at radius 2 is 1.10 bits per heavy atom. The SMILES string of the molecule is CN(C(=O)C(F)F)c1c(Cl)ccc(C2=C(O)c3ncccc3CS2(=O)=O)c1Cl.CN(C(=O)C(F)F)c1c(Cl)ccc(C2=C(OC(=O)C(C)(C)C)c3ncccc3CS2(=O)=O)c1Cl. The number of pyridine rings is 2. The second-order valence-corrected chi connectivity index (χ2v) is 19.9. The molecule has 0 atom stereocenters. The highest BCUT2D eigenvalue weighted by atomic mass is 35.5. The largest absolute Gasteiger partial charge is 0.504 e. The molecule has 0 saturated carbocycles. The normalized spacial score (nSPS) is 15.3. The lowest BCUT2D eigenvalue weighted by Gasteiger charge is -2.26. The van der Waals surface area contributed by atoms with Gasteiger partial charge < -0.3 is 19.6 Å². The van der Waals surface area contributed by atoms with E-state index in [0.717, 1.165) is 14.1 Å². The number of alkyl halides is 4. The van der Waals surface area contributed by atoms with Gasteiger partial charge in [-0.3, -0.25) is 24.4 Å². The summed E-state index contributed by atoms with van der Waals surface area (Å²) in [6.07, 6.45) is -3.88. The Kier molecular flexibility index (Phi) is 14.1. The Morgan fingerprint density at radius 3 is 1.53 bits per heavy atom. The third-order valence-corrected chi connectivity index (χ3v) is 13.9. The van der Waals surface area contributed by atoms with Crippen LogP contribution in [-0.2, 0) is 50.3 Å². The van der Waals surface area contributed by atoms with E-state index in [9.17, 15) is 53.9 Å². The van der Waals surface area contributed by atoms with Crippen molar-refractivity contribution in [3.8, 4) is 0 Å². The highest BCUT2D eigenvalue weighted by Gasteiger charge is 2.40. The first-order valence-corrected chi connectivity index (χ1v) is 22.4. The van der Waals surface area contributed by atoms with Crippen LogP contribution in [0.15, 0.2) is 60.9 Å². The minimum absolute atomic E-state index is 0.0666. The fraction of sp³-hybridized carbons (Fsp3) is 0.256. The third kappa shape index (κ3) is 9.42. The van der Waals surface area contributed by atoms with Crippen LogP contribution in [0.4, 0.5) is 28.9 Å². The molecule has 2 aromatic heterocycles. The Bertz CT molecular complexity index is 2820. The maximum atomic E-state index is 13.4. The molecule has 4 aromatic rings. The highest BCUT2D eigenvalue weighted by molar-refractivity contribution is 8.00. The number of hydrogen-bond donors (Lipinski definition) is 1. The van der Waals surface area contributed by atoms with Crippen LogP contribution in [0.25, 0.3) is 21.3 Å². The van der Waals surface area contributed by atoms with Crippen LogP contribution in [0.5, 0.6) is 0 Å². The number of nitrogens with zero attached hydrogens (tertiary/aromatic N) is 4. The summed E-state index contributed by atoms with van der Waals surface area (Å²) in [7, 11) is -6.14. The predicted octanol–water partition coefficient (Wildman–Crippen LogP) is 8.89. The van der Waals surface area contributed by atoms with Crippen molar-refractivity contribution in [1.29, 1.82) is 0 Å². The Hall–Kier alpha value is -4.79. The number of carbonyl (C=O) groups excluding carboxylic acids is 3. The predicted molar refractivity (Wildman–Crippen MR) is 227 cm³/mol. The van der Waals surface area contributed by atoms with Gasteiger partial charge in [0.05, 0.1) is 48.4 Å². The molecule has 0 unspecified atom stereocenters. The number of halogens is 8. The molecule has 2 amide bonds. The lowest BCUT2D eigenvalue weighted by Crippen LogP contribution is -2.32. The van der Waals surface area contributed by atoms with Crippen molar-refractivity contribution in [2.75, 3.05) is 23.9 Å². The molecule has 23 heteroatoms. The first-order chi connectivity index (χ1) is 28.7. The number of amides is 2. The Morgan fingerprint density at radius 1 is 0.694 bits per heavy atom. The van der Waals surface area contributed by atoms with Crippen LogP contribution >= 0.6 is 46.4 Å². The molecule has 2 aliphatic heterocycles. The van der Waals surface area contributed by atoms with E-state index in [1.807, 2.05) is 0 Å². The van der Waals surface area contributed by atoms with Gasteiger partial charge in [-0.15, -0.1) is 0 Å². The fourth-order valence-electron chi connectivity index (χ4n) is 6.07. The van der Waals surface area contributed by atoms with Crippen molar-refractivity contribution in [3.05, 3.63) is 115 Å². The number of sulfone groups is 2. The zero-order valence-electron chi connectivity index (χ0n) is 32.7. The van der Waals surface area contributed by atoms with Crippen molar-refractivity contribution < 1.29 is 58.6 Å². The Balaban J connectivity index is 0.000000238. The number of esters is 1. The summed E-state index contributed by atoms with van der Waals surface area (Å²) in [5.74, 6) is -5.77. The summed E-state index contributed by atoms with van der Waals surface area (Å²) in [4.78, 5) is 44.6. The minimum atomic E-state index is -4.16. The minimum Gasteiger partial charge on any atom is -0.504 e. The molecular formula is C39H32Cl4F4N4O9S2. The fourth-order valence-corrected chi connectivity index (χ4v) is 11.0. The van der Waals surface area contributed by atoms with Gasteiger partial charge in [0, 0.05) is 37.6 Å². The first-order valence-electron chi connectivity index (χ1n) is 17.5. The van der Waals surface area contributed by atoms with Crippen LogP contribution < -0.4 is 9.80 Å². The molecule has 2 aliphatic rings. The second kappa shape index (κ2) is 18.1. The smallest absolute Gasteiger partial charge is 0.316 e. The summed E-state index contributed by atoms with van der Waals surface area (Å²) in [6, 6.07) is 11.0. The van der Waals surface area contributed by atoms with Crippen LogP contribution in [0.2, 0.25) is 20.1 Å². The lowest BCUT2D eigenvalue weighted by atomic mass is 9.97. The van der Waals surface area contributed by atoms with Crippen LogP contribution in [0.1, 0.15) is 54.4 Å². The number of fused-ring (bicyclic) bond motifs is 2. The molecule has 13 nitrogen and oxygen atoms in total. The van der Waals surface area contributed by atoms with Gasteiger partial charge in [-0.25, -0.2) is 16.8 Å². The topological polar surface area (TPSA) is 181 Å². The monoisotopic (exact) mass is 980 g/mol. The maximum absolute atomic E-state index is 13.4. The molecule has 1 N–H and O–H groups in total. The summed E-state index contributed by atoms with van der Waals surface area (Å²) in [5.41, 5.74) is -1.17. The standard InChI is InChI=1S/C22H20Cl2F2N2O5S.C17H12Cl2F2N2O4S/c1-22(2,3)21(30)33-17-15-11(6-5-9-27-15)10-34(31,32)18(17)12-7-8-13(23)16(14(12)24)28(4)20(29)19(25)26;1-23(17(25)16(20)21)13-10(18)5-4-9(11(13)19)15-14(24)12-8(3-2-6-22-12)7-28(15,26)27/h5-9,19H,10H2,1-4H3;2-6,16,24H,7H2,1H3. The van der Waals surface area contributed by atoms with Gasteiger partial charge in [-0.2, -0.15) is 17.6 Å². The number of ether oxygens (including phenoxy) is 1. The molecule has 0 aliphatic carbocycles. The molecule has 62 heavy (non-hydrogen) atoms. The summed E-state index contributed by atoms with van der Waals surface area (Å²) in [6.45, 7) is 4.76. The van der Waals surface area contributed by atoms with Gasteiger partial charge in [0.2, 0.25) is 0 Å². The number of aliphatic hydroxyl groups is 1. The van der Waals surface area contributed by atoms with E-state index in [-0.39, 0.29) is 59.7 Å². The number of anilines is 2. The van der Waals surface area contributed by atoms with Crippen molar-refractivity contribution in [1.82, 2.24) is 9.97 Å². The molecule has 0 fully saturated rings. The lowest BCUT2D eigenvalue weighted by molar-refractivity contribution is -0.145. The zero-order chi connectivity index (χ0) is 46.4. The third-order valence-electron chi connectivity index (χ3n) is 9.09. The number of rotatable bonds is 7. The number of aliphatic hydroxyl groups excluding tert-OH is 1. The molecule has 330 valence electrons. The van der Waals surface area contributed by atoms with Crippen molar-refractivity contribution in [2.24, 2.45) is 5.41 Å². The molecule has 0 spiro atoms. The van der Waals surface area contributed by atoms with Gasteiger partial charge in [0.15, 0.2) is 31.2 Å². The number of hydrogen-bond acceptors (Lipinski definition) is 11. The summed E-state index contributed by atoms with van der Waals surface area (Å²) >= 11 is 24.9. The molecule has 0 radical (unpaired) electrons. The van der Waals surface area contributed by atoms with Crippen LogP contribution in [0.3, 0.4) is 0 Å². The molecule has 0 saturated heterocycles. The van der Waals surface area contributed by atoms with Crippen molar-refractivity contribution in [3.63, 3.8) is 0 Å². The summed E-state index contributed by atoms with van der Waals surface area (Å²) in [5, 5.41) is 9.52. The summed E-state index contributed by atoms with van der Waals surface area (Å²) < 4.78 is 110. The van der Waals surface area contributed by atoms with Gasteiger partial charge >= 0.3 is 18.8 Å². The van der Waals surface area contributed by atoms with E-state index >= 15 is 0 Å². The van der Waals surface area contributed by atoms with Gasteiger partial charge in [0.1, 0.15) is 21.2 Å². The number of benzene rings is 2. The van der Waals surface area contributed by atoms with Crippen molar-refractivity contribution in [2.45, 2.75) is 45.1 Å². The second-order valence-electron chi connectivity index (χ2n) is 14.4. The van der Waals surface area contributed by atoms with E-state index < -0.39 is 82.8 Å². The van der Waals surface area contributed by atoms with E-state index in [0.29, 0.717) is 20.9 Å². The first kappa shape index (κ1) is 48.2. The molecular weight excluding hydrogens is 950 g/mol. The molecule has 0 bridgehead atoms. The maximum Gasteiger partial charge on any atom is 0.316 e. The average Bonchev–Trinajstić information content (AvgIpc) is 3.17. The zero-order valence-corrected chi connectivity index (χ0v) is 37.3. The van der Waals surface area contributed by atoms with Crippen molar-refractivity contribution >= 4 is 117 Å². The highest BCUT2D eigenvalue weighted by Crippen LogP contribution is 2.47. The van der Waals surface area contributed by atoms with E-state index in [1.54, 1.807) is 26.8 Å². The van der Waals surface area contributed by atoms with Crippen LogP contribution in [-0.4, -0.2) is 76.6 Å². The molecule has 2 aromatic carbocycles. The van der Waals surface area contributed by atoms with E-state index in [4.69, 9.17) is 51.1 Å². The van der Waals surface area contributed by atoms with Gasteiger partial charge in [-0.05, 0) is 56.2 Å².